The van der Waals surface area contributed by atoms with Gasteiger partial charge in [0.15, 0.2) is 0 Å². The maximum absolute atomic E-state index is 5.77. The summed E-state index contributed by atoms with van der Waals surface area (Å²) in [7, 11) is 4.36. The summed E-state index contributed by atoms with van der Waals surface area (Å²) in [6.45, 7) is 4.12. The zero-order chi connectivity index (χ0) is 14.3. The molecule has 108 valence electrons. The van der Waals surface area contributed by atoms with Crippen molar-refractivity contribution in [3.05, 3.63) is 30.5 Å². The Morgan fingerprint density at radius 1 is 1.20 bits per heavy atom. The second kappa shape index (κ2) is 5.13. The predicted octanol–water partition coefficient (Wildman–Crippen LogP) is 3.69. The largest absolute Gasteiger partial charge is 0.491 e. The number of benzene rings is 1. The second-order valence-corrected chi connectivity index (χ2v) is 6.29. The Balaban J connectivity index is 1.90. The normalized spacial score (nSPS) is 22.5. The molecule has 0 bridgehead atoms. The van der Waals surface area contributed by atoms with Gasteiger partial charge in [0.05, 0.1) is 6.10 Å². The van der Waals surface area contributed by atoms with E-state index >= 15 is 0 Å². The van der Waals surface area contributed by atoms with Crippen molar-refractivity contribution < 1.29 is 4.74 Å². The smallest absolute Gasteiger partial charge is 0.120 e. The van der Waals surface area contributed by atoms with E-state index in [4.69, 9.17) is 4.74 Å². The van der Waals surface area contributed by atoms with Gasteiger partial charge >= 0.3 is 0 Å². The van der Waals surface area contributed by atoms with Crippen LogP contribution in [0.1, 0.15) is 32.7 Å². The molecule has 1 heterocycles. The molecule has 0 amide bonds. The van der Waals surface area contributed by atoms with Crippen LogP contribution in [0.3, 0.4) is 0 Å². The summed E-state index contributed by atoms with van der Waals surface area (Å²) in [5, 5.41) is 1.27. The molecule has 1 aromatic heterocycles. The number of hydrogen-bond acceptors (Lipinski definition) is 2. The quantitative estimate of drug-likeness (QED) is 0.844. The lowest BCUT2D eigenvalue weighted by Crippen LogP contribution is -2.43. The molecular formula is C17H24N2O. The average molecular weight is 272 g/mol. The van der Waals surface area contributed by atoms with Gasteiger partial charge < -0.3 is 14.2 Å². The molecule has 2 aromatic rings. The van der Waals surface area contributed by atoms with Gasteiger partial charge in [-0.25, -0.2) is 0 Å². The van der Waals surface area contributed by atoms with Gasteiger partial charge in [0.2, 0.25) is 0 Å². The van der Waals surface area contributed by atoms with Gasteiger partial charge in [-0.15, -0.1) is 0 Å². The third-order valence-corrected chi connectivity index (χ3v) is 4.29. The van der Waals surface area contributed by atoms with Crippen molar-refractivity contribution in [3.8, 4) is 5.75 Å². The maximum atomic E-state index is 5.77. The summed E-state index contributed by atoms with van der Waals surface area (Å²) in [5.74, 6) is 0.961. The van der Waals surface area contributed by atoms with Crippen LogP contribution in [-0.4, -0.2) is 35.7 Å². The highest BCUT2D eigenvalue weighted by Crippen LogP contribution is 2.38. The third kappa shape index (κ3) is 2.31. The van der Waals surface area contributed by atoms with Crippen molar-refractivity contribution in [1.82, 2.24) is 9.47 Å². The number of nitrogens with zero attached hydrogens (tertiary/aromatic N) is 2. The van der Waals surface area contributed by atoms with Crippen molar-refractivity contribution in [2.75, 3.05) is 14.1 Å². The lowest BCUT2D eigenvalue weighted by Gasteiger charge is -2.42. The standard InChI is InChI=1S/C17H24N2O/c1-12(2)20-14-5-6-15-13(11-14)9-10-19(15)17-8-7-16(17)18(3)4/h5-6,9-12,16-17H,7-8H2,1-4H3. The van der Waals surface area contributed by atoms with Gasteiger partial charge in [-0.2, -0.15) is 0 Å². The number of ether oxygens (including phenoxy) is 1. The monoisotopic (exact) mass is 272 g/mol. The predicted molar refractivity (Wildman–Crippen MR) is 83.4 cm³/mol. The summed E-state index contributed by atoms with van der Waals surface area (Å²) < 4.78 is 8.21. The Morgan fingerprint density at radius 3 is 2.60 bits per heavy atom. The zero-order valence-corrected chi connectivity index (χ0v) is 12.8. The van der Waals surface area contributed by atoms with Crippen LogP contribution in [-0.2, 0) is 0 Å². The van der Waals surface area contributed by atoms with E-state index in [1.54, 1.807) is 0 Å². The Labute approximate surface area is 121 Å². The summed E-state index contributed by atoms with van der Waals surface area (Å²) in [5.41, 5.74) is 1.32. The molecule has 0 radical (unpaired) electrons. The molecule has 1 aliphatic carbocycles. The molecular weight excluding hydrogens is 248 g/mol. The fraction of sp³-hybridized carbons (Fsp3) is 0.529. The number of aromatic nitrogens is 1. The maximum Gasteiger partial charge on any atom is 0.120 e. The Hall–Kier alpha value is -1.48. The van der Waals surface area contributed by atoms with E-state index in [0.29, 0.717) is 12.1 Å². The van der Waals surface area contributed by atoms with Crippen LogP contribution >= 0.6 is 0 Å². The second-order valence-electron chi connectivity index (χ2n) is 6.29. The fourth-order valence-corrected chi connectivity index (χ4v) is 3.17. The van der Waals surface area contributed by atoms with E-state index in [9.17, 15) is 0 Å². The SMILES string of the molecule is CC(C)Oc1ccc2c(ccn2C2CCC2N(C)C)c1. The van der Waals surface area contributed by atoms with Gasteiger partial charge in [-0.3, -0.25) is 0 Å². The molecule has 1 aliphatic rings. The number of fused-ring (bicyclic) bond motifs is 1. The molecule has 3 nitrogen and oxygen atoms in total. The van der Waals surface area contributed by atoms with Crippen molar-refractivity contribution in [2.45, 2.75) is 44.9 Å². The summed E-state index contributed by atoms with van der Waals surface area (Å²) in [4.78, 5) is 2.34. The minimum absolute atomic E-state index is 0.222. The first-order chi connectivity index (χ1) is 9.56. The Morgan fingerprint density at radius 2 is 2.00 bits per heavy atom. The van der Waals surface area contributed by atoms with E-state index in [-0.39, 0.29) is 6.10 Å². The van der Waals surface area contributed by atoms with Crippen LogP contribution < -0.4 is 4.74 Å². The highest BCUT2D eigenvalue weighted by molar-refractivity contribution is 5.82. The Bertz CT molecular complexity index is 600. The summed E-state index contributed by atoms with van der Waals surface area (Å²) >= 11 is 0. The molecule has 3 heteroatoms. The molecule has 2 unspecified atom stereocenters. The number of hydrogen-bond donors (Lipinski definition) is 0. The van der Waals surface area contributed by atoms with E-state index in [1.807, 2.05) is 0 Å². The summed E-state index contributed by atoms with van der Waals surface area (Å²) in [6.07, 6.45) is 5.02. The molecule has 1 aromatic carbocycles. The van der Waals surface area contributed by atoms with Gasteiger partial charge in [-0.05, 0) is 65.0 Å². The highest BCUT2D eigenvalue weighted by atomic mass is 16.5. The van der Waals surface area contributed by atoms with Gasteiger partial charge in [0.25, 0.3) is 0 Å². The van der Waals surface area contributed by atoms with Crippen LogP contribution in [0.2, 0.25) is 0 Å². The van der Waals surface area contributed by atoms with Crippen LogP contribution in [0.25, 0.3) is 10.9 Å². The average Bonchev–Trinajstić information content (AvgIpc) is 2.69. The molecule has 0 N–H and O–H groups in total. The first kappa shape index (κ1) is 13.5. The van der Waals surface area contributed by atoms with Gasteiger partial charge in [0.1, 0.15) is 5.75 Å². The molecule has 3 rings (SSSR count). The molecule has 0 aliphatic heterocycles. The lowest BCUT2D eigenvalue weighted by molar-refractivity contribution is 0.116. The molecule has 0 spiro atoms. The minimum Gasteiger partial charge on any atom is -0.491 e. The fourth-order valence-electron chi connectivity index (χ4n) is 3.17. The molecule has 0 saturated heterocycles. The molecule has 20 heavy (non-hydrogen) atoms. The number of rotatable bonds is 4. The van der Waals surface area contributed by atoms with E-state index in [2.05, 4.69) is 67.9 Å². The van der Waals surface area contributed by atoms with Crippen molar-refractivity contribution in [3.63, 3.8) is 0 Å². The zero-order valence-electron chi connectivity index (χ0n) is 12.8. The van der Waals surface area contributed by atoms with E-state index in [0.717, 1.165) is 5.75 Å². The minimum atomic E-state index is 0.222. The van der Waals surface area contributed by atoms with Crippen LogP contribution in [0.5, 0.6) is 5.75 Å². The lowest BCUT2D eigenvalue weighted by atomic mass is 9.85. The van der Waals surface area contributed by atoms with Crippen LogP contribution in [0.15, 0.2) is 30.5 Å². The van der Waals surface area contributed by atoms with Crippen molar-refractivity contribution in [2.24, 2.45) is 0 Å². The molecule has 1 fully saturated rings. The van der Waals surface area contributed by atoms with Gasteiger partial charge in [-0.1, -0.05) is 0 Å². The van der Waals surface area contributed by atoms with Crippen LogP contribution in [0.4, 0.5) is 0 Å². The topological polar surface area (TPSA) is 17.4 Å². The Kier molecular flexibility index (Phi) is 3.47. The third-order valence-electron chi connectivity index (χ3n) is 4.29. The van der Waals surface area contributed by atoms with Crippen LogP contribution in [0, 0.1) is 0 Å². The summed E-state index contributed by atoms with van der Waals surface area (Å²) in [6, 6.07) is 9.90. The van der Waals surface area contributed by atoms with Crippen molar-refractivity contribution in [1.29, 1.82) is 0 Å². The van der Waals surface area contributed by atoms with E-state index in [1.165, 1.54) is 23.7 Å². The molecule has 1 saturated carbocycles. The van der Waals surface area contributed by atoms with Crippen molar-refractivity contribution >= 4 is 10.9 Å². The highest BCUT2D eigenvalue weighted by Gasteiger charge is 2.34. The first-order valence-electron chi connectivity index (χ1n) is 7.50. The number of likely N-dealkylation sites (N-methyl/N-ethyl adjacent to an activating group) is 1. The first-order valence-corrected chi connectivity index (χ1v) is 7.50. The van der Waals surface area contributed by atoms with E-state index < -0.39 is 0 Å². The molecule has 2 atom stereocenters. The van der Waals surface area contributed by atoms with Gasteiger partial charge in [0, 0.05) is 29.2 Å².